The summed E-state index contributed by atoms with van der Waals surface area (Å²) < 4.78 is 2.68. The zero-order valence-electron chi connectivity index (χ0n) is 20.3. The predicted octanol–water partition coefficient (Wildman–Crippen LogP) is 6.37. The van der Waals surface area contributed by atoms with Crippen LogP contribution < -0.4 is 0 Å². The van der Waals surface area contributed by atoms with Crippen LogP contribution in [0.5, 0.6) is 0 Å². The molecule has 0 unspecified atom stereocenters. The van der Waals surface area contributed by atoms with E-state index < -0.39 is 0 Å². The molecule has 3 rings (SSSR count). The van der Waals surface area contributed by atoms with Gasteiger partial charge in [-0.05, 0) is 101 Å². The van der Waals surface area contributed by atoms with E-state index in [-0.39, 0.29) is 0 Å². The fourth-order valence-corrected chi connectivity index (χ4v) is 5.87. The number of nitrogens with zero attached hydrogens (tertiary/aromatic N) is 2. The number of hydrogen-bond acceptors (Lipinski definition) is 0. The number of hydrogen-bond donors (Lipinski definition) is 0. The smallest absolute Gasteiger partial charge is 0.0784 e. The number of quaternary nitrogens is 2. The molecule has 0 spiro atoms. The molecular formula is C28H50N2+2. The first-order chi connectivity index (χ1) is 14.6. The van der Waals surface area contributed by atoms with Gasteiger partial charge in [-0.1, -0.05) is 24.3 Å². The molecule has 0 aromatic heterocycles. The Bertz CT molecular complexity index is 526. The Hall–Kier alpha value is -0.860. The Kier molecular flexibility index (Phi) is 9.71. The number of unbranched alkanes of at least 4 members (excludes halogenated alkanes) is 4. The van der Waals surface area contributed by atoms with Gasteiger partial charge in [-0.2, -0.15) is 0 Å². The molecule has 2 saturated heterocycles. The number of rotatable bonds is 12. The van der Waals surface area contributed by atoms with Crippen LogP contribution in [0, 0.1) is 0 Å². The number of aryl methyl sites for hydroxylation is 2. The minimum Gasteiger partial charge on any atom is -0.326 e. The molecule has 0 saturated carbocycles. The number of likely N-dealkylation sites (tertiary alicyclic amines) is 2. The van der Waals surface area contributed by atoms with Gasteiger partial charge in [0, 0.05) is 0 Å². The lowest BCUT2D eigenvalue weighted by molar-refractivity contribution is -0.914. The number of benzene rings is 1. The minimum atomic E-state index is 1.26. The summed E-state index contributed by atoms with van der Waals surface area (Å²) in [6.45, 7) is 8.47. The lowest BCUT2D eigenvalue weighted by Crippen LogP contribution is -2.48. The van der Waals surface area contributed by atoms with Crippen LogP contribution in [-0.2, 0) is 12.8 Å². The van der Waals surface area contributed by atoms with Crippen LogP contribution in [0.4, 0.5) is 0 Å². The standard InChI is InChI=1S/C28H50N2/c1-29(23-11-5-12-24-29)21-9-3-7-15-27-17-19-28(20-18-27)16-8-4-10-22-30(2)25-13-6-14-26-30/h17-20H,3-16,21-26H2,1-2H3/q+2. The fraction of sp³-hybridized carbons (Fsp3) is 0.786. The molecule has 2 heteroatoms. The van der Waals surface area contributed by atoms with Crippen LogP contribution in [0.2, 0.25) is 0 Å². The van der Waals surface area contributed by atoms with Crippen molar-refractivity contribution in [3.63, 3.8) is 0 Å². The summed E-state index contributed by atoms with van der Waals surface area (Å²) in [5.74, 6) is 0. The van der Waals surface area contributed by atoms with Gasteiger partial charge in [0.05, 0.1) is 53.4 Å². The molecule has 2 aliphatic rings. The van der Waals surface area contributed by atoms with Gasteiger partial charge >= 0.3 is 0 Å². The Morgan fingerprint density at radius 2 is 0.867 bits per heavy atom. The van der Waals surface area contributed by atoms with Gasteiger partial charge < -0.3 is 8.97 Å². The molecule has 0 atom stereocenters. The highest BCUT2D eigenvalue weighted by molar-refractivity contribution is 5.22. The monoisotopic (exact) mass is 414 g/mol. The largest absolute Gasteiger partial charge is 0.326 e. The van der Waals surface area contributed by atoms with E-state index in [2.05, 4.69) is 38.4 Å². The third-order valence-corrected chi connectivity index (χ3v) is 8.14. The first-order valence-electron chi connectivity index (χ1n) is 13.3. The van der Waals surface area contributed by atoms with E-state index in [1.807, 2.05) is 0 Å². The molecule has 0 aliphatic carbocycles. The van der Waals surface area contributed by atoms with Crippen LogP contribution in [0.25, 0.3) is 0 Å². The van der Waals surface area contributed by atoms with Crippen LogP contribution >= 0.6 is 0 Å². The lowest BCUT2D eigenvalue weighted by Gasteiger charge is -2.37. The van der Waals surface area contributed by atoms with Gasteiger partial charge in [0.1, 0.15) is 0 Å². The Balaban J connectivity index is 1.23. The average molecular weight is 415 g/mol. The van der Waals surface area contributed by atoms with Crippen molar-refractivity contribution in [3.8, 4) is 0 Å². The van der Waals surface area contributed by atoms with Gasteiger partial charge in [-0.3, -0.25) is 0 Å². The third-order valence-electron chi connectivity index (χ3n) is 8.14. The van der Waals surface area contributed by atoms with Crippen molar-refractivity contribution < 1.29 is 8.97 Å². The van der Waals surface area contributed by atoms with Gasteiger partial charge in [-0.25, -0.2) is 0 Å². The van der Waals surface area contributed by atoms with Crippen molar-refractivity contribution in [2.75, 3.05) is 53.4 Å². The van der Waals surface area contributed by atoms with E-state index in [0.29, 0.717) is 0 Å². The summed E-state index contributed by atoms with van der Waals surface area (Å²) in [6.07, 6.45) is 19.6. The van der Waals surface area contributed by atoms with Crippen LogP contribution in [0.15, 0.2) is 24.3 Å². The van der Waals surface area contributed by atoms with E-state index in [4.69, 9.17) is 0 Å². The number of piperidine rings is 2. The summed E-state index contributed by atoms with van der Waals surface area (Å²) in [5, 5.41) is 0. The van der Waals surface area contributed by atoms with E-state index >= 15 is 0 Å². The Morgan fingerprint density at radius 1 is 0.500 bits per heavy atom. The summed E-state index contributed by atoms with van der Waals surface area (Å²) in [7, 11) is 4.96. The van der Waals surface area contributed by atoms with Crippen molar-refractivity contribution in [2.45, 2.75) is 89.9 Å². The van der Waals surface area contributed by atoms with Crippen LogP contribution in [0.3, 0.4) is 0 Å². The topological polar surface area (TPSA) is 0 Å². The van der Waals surface area contributed by atoms with Crippen LogP contribution in [-0.4, -0.2) is 62.3 Å². The van der Waals surface area contributed by atoms with Gasteiger partial charge in [-0.15, -0.1) is 0 Å². The quantitative estimate of drug-likeness (QED) is 0.275. The molecule has 2 heterocycles. The molecule has 0 radical (unpaired) electrons. The molecule has 0 bridgehead atoms. The SMILES string of the molecule is C[N+]1(CCCCCc2ccc(CCCCC[N+]3(C)CCCCC3)cc2)CCCCC1. The maximum atomic E-state index is 2.48. The second kappa shape index (κ2) is 12.2. The summed E-state index contributed by atoms with van der Waals surface area (Å²) in [6, 6.07) is 9.59. The van der Waals surface area contributed by atoms with E-state index in [0.717, 1.165) is 0 Å². The lowest BCUT2D eigenvalue weighted by atomic mass is 10.0. The maximum absolute atomic E-state index is 2.48. The second-order valence-electron chi connectivity index (χ2n) is 11.1. The normalized spacial score (nSPS) is 20.9. The van der Waals surface area contributed by atoms with Crippen molar-refractivity contribution >= 4 is 0 Å². The zero-order chi connectivity index (χ0) is 21.1. The van der Waals surface area contributed by atoms with Crippen molar-refractivity contribution in [1.82, 2.24) is 0 Å². The Labute approximate surface area is 187 Å². The average Bonchev–Trinajstić information content (AvgIpc) is 2.75. The molecule has 0 N–H and O–H groups in total. The molecule has 30 heavy (non-hydrogen) atoms. The van der Waals surface area contributed by atoms with Crippen molar-refractivity contribution in [2.24, 2.45) is 0 Å². The van der Waals surface area contributed by atoms with E-state index in [9.17, 15) is 0 Å². The summed E-state index contributed by atoms with van der Waals surface area (Å²) in [4.78, 5) is 0. The third kappa shape index (κ3) is 8.35. The van der Waals surface area contributed by atoms with Crippen molar-refractivity contribution in [1.29, 1.82) is 0 Å². The molecule has 170 valence electrons. The van der Waals surface area contributed by atoms with Gasteiger partial charge in [0.15, 0.2) is 0 Å². The highest BCUT2D eigenvalue weighted by Gasteiger charge is 2.24. The second-order valence-corrected chi connectivity index (χ2v) is 11.1. The summed E-state index contributed by atoms with van der Waals surface area (Å²) >= 11 is 0. The maximum Gasteiger partial charge on any atom is 0.0784 e. The molecule has 0 amide bonds. The molecular weight excluding hydrogens is 364 g/mol. The van der Waals surface area contributed by atoms with E-state index in [1.165, 1.54) is 138 Å². The predicted molar refractivity (Wildman–Crippen MR) is 131 cm³/mol. The van der Waals surface area contributed by atoms with Crippen LogP contribution in [0.1, 0.15) is 88.2 Å². The first kappa shape index (κ1) is 23.8. The first-order valence-corrected chi connectivity index (χ1v) is 13.3. The Morgan fingerprint density at radius 3 is 1.23 bits per heavy atom. The molecule has 1 aromatic carbocycles. The van der Waals surface area contributed by atoms with Gasteiger partial charge in [0.2, 0.25) is 0 Å². The summed E-state index contributed by atoms with van der Waals surface area (Å²) in [5.41, 5.74) is 3.08. The highest BCUT2D eigenvalue weighted by atomic mass is 15.3. The van der Waals surface area contributed by atoms with E-state index in [1.54, 1.807) is 11.1 Å². The minimum absolute atomic E-state index is 1.26. The molecule has 1 aromatic rings. The fourth-order valence-electron chi connectivity index (χ4n) is 5.87. The van der Waals surface area contributed by atoms with Gasteiger partial charge in [0.25, 0.3) is 0 Å². The molecule has 2 fully saturated rings. The van der Waals surface area contributed by atoms with Crippen molar-refractivity contribution in [3.05, 3.63) is 35.4 Å². The highest BCUT2D eigenvalue weighted by Crippen LogP contribution is 2.19. The molecule has 2 aliphatic heterocycles. The zero-order valence-corrected chi connectivity index (χ0v) is 20.3. The molecule has 2 nitrogen and oxygen atoms in total.